The first-order valence-electron chi connectivity index (χ1n) is 6.03. The molecular formula is C14H9ClN4OS. The normalized spacial score (nSPS) is 10.3. The van der Waals surface area contributed by atoms with E-state index in [2.05, 4.69) is 20.3 Å². The van der Waals surface area contributed by atoms with Gasteiger partial charge >= 0.3 is 0 Å². The van der Waals surface area contributed by atoms with Crippen LogP contribution in [0.5, 0.6) is 0 Å². The first-order valence-corrected chi connectivity index (χ1v) is 7.23. The SMILES string of the molecule is O=C(Nc1nccc(-c2ccccn2)n1)c1ccc(Cl)s1. The van der Waals surface area contributed by atoms with Crippen molar-refractivity contribution in [3.05, 3.63) is 58.0 Å². The topological polar surface area (TPSA) is 67.8 Å². The molecule has 0 atom stereocenters. The summed E-state index contributed by atoms with van der Waals surface area (Å²) in [6, 6.07) is 10.6. The van der Waals surface area contributed by atoms with Gasteiger partial charge in [0.25, 0.3) is 5.91 Å². The maximum Gasteiger partial charge on any atom is 0.268 e. The van der Waals surface area contributed by atoms with Crippen molar-refractivity contribution in [1.29, 1.82) is 0 Å². The highest BCUT2D eigenvalue weighted by atomic mass is 35.5. The molecule has 0 saturated carbocycles. The Morgan fingerprint density at radius 3 is 2.67 bits per heavy atom. The number of nitrogens with zero attached hydrogens (tertiary/aromatic N) is 3. The van der Waals surface area contributed by atoms with Gasteiger partial charge in [0.2, 0.25) is 5.95 Å². The van der Waals surface area contributed by atoms with E-state index in [1.165, 1.54) is 11.3 Å². The smallest absolute Gasteiger partial charge is 0.268 e. The molecule has 7 heteroatoms. The van der Waals surface area contributed by atoms with Crippen molar-refractivity contribution in [2.75, 3.05) is 5.32 Å². The van der Waals surface area contributed by atoms with Crippen LogP contribution in [-0.4, -0.2) is 20.9 Å². The summed E-state index contributed by atoms with van der Waals surface area (Å²) >= 11 is 7.01. The second-order valence-corrected chi connectivity index (χ2v) is 5.75. The van der Waals surface area contributed by atoms with Gasteiger partial charge in [0.15, 0.2) is 0 Å². The van der Waals surface area contributed by atoms with E-state index in [0.717, 1.165) is 5.69 Å². The average molecular weight is 317 g/mol. The highest BCUT2D eigenvalue weighted by Crippen LogP contribution is 2.22. The lowest BCUT2D eigenvalue weighted by molar-refractivity contribution is 0.102. The molecule has 0 bridgehead atoms. The maximum absolute atomic E-state index is 12.0. The molecule has 0 fully saturated rings. The van der Waals surface area contributed by atoms with Gasteiger partial charge < -0.3 is 0 Å². The third-order valence-corrected chi connectivity index (χ3v) is 3.84. The standard InChI is InChI=1S/C14H9ClN4OS/c15-12-5-4-11(21-12)13(20)19-14-17-8-6-10(18-14)9-3-1-2-7-16-9/h1-8H,(H,17,18,19,20). The second-order valence-electron chi connectivity index (χ2n) is 4.04. The number of amides is 1. The van der Waals surface area contributed by atoms with Crippen LogP contribution in [0.4, 0.5) is 5.95 Å². The van der Waals surface area contributed by atoms with Crippen LogP contribution in [-0.2, 0) is 0 Å². The van der Waals surface area contributed by atoms with E-state index in [1.54, 1.807) is 30.6 Å². The van der Waals surface area contributed by atoms with Crippen LogP contribution >= 0.6 is 22.9 Å². The van der Waals surface area contributed by atoms with E-state index in [0.29, 0.717) is 14.9 Å². The van der Waals surface area contributed by atoms with Crippen molar-refractivity contribution in [3.63, 3.8) is 0 Å². The fourth-order valence-electron chi connectivity index (χ4n) is 1.68. The Bertz CT molecular complexity index is 775. The number of pyridine rings is 1. The predicted octanol–water partition coefficient (Wildman–Crippen LogP) is 3.51. The first-order chi connectivity index (χ1) is 10.2. The minimum atomic E-state index is -0.287. The van der Waals surface area contributed by atoms with Gasteiger partial charge in [-0.25, -0.2) is 9.97 Å². The summed E-state index contributed by atoms with van der Waals surface area (Å²) in [5.41, 5.74) is 1.36. The Labute approximate surface area is 129 Å². The molecule has 5 nitrogen and oxygen atoms in total. The van der Waals surface area contributed by atoms with Gasteiger partial charge in [-0.15, -0.1) is 11.3 Å². The van der Waals surface area contributed by atoms with Gasteiger partial charge in [-0.3, -0.25) is 15.1 Å². The van der Waals surface area contributed by atoms with Crippen molar-refractivity contribution in [1.82, 2.24) is 15.0 Å². The molecule has 0 aliphatic heterocycles. The molecule has 104 valence electrons. The van der Waals surface area contributed by atoms with Gasteiger partial charge in [-0.1, -0.05) is 17.7 Å². The number of carbonyl (C=O) groups excluding carboxylic acids is 1. The Hall–Kier alpha value is -2.31. The largest absolute Gasteiger partial charge is 0.290 e. The van der Waals surface area contributed by atoms with Gasteiger partial charge in [0, 0.05) is 12.4 Å². The fourth-order valence-corrected chi connectivity index (χ4v) is 2.61. The number of rotatable bonds is 3. The molecule has 0 spiro atoms. The zero-order chi connectivity index (χ0) is 14.7. The van der Waals surface area contributed by atoms with E-state index in [-0.39, 0.29) is 11.9 Å². The molecule has 0 unspecified atom stereocenters. The summed E-state index contributed by atoms with van der Waals surface area (Å²) in [4.78, 5) is 25.1. The molecule has 3 heterocycles. The van der Waals surface area contributed by atoms with Crippen LogP contribution in [0.1, 0.15) is 9.67 Å². The number of hydrogen-bond acceptors (Lipinski definition) is 5. The third-order valence-electron chi connectivity index (χ3n) is 2.61. The summed E-state index contributed by atoms with van der Waals surface area (Å²) in [5.74, 6) is -0.0576. The van der Waals surface area contributed by atoms with Crippen molar-refractivity contribution in [2.24, 2.45) is 0 Å². The summed E-state index contributed by atoms with van der Waals surface area (Å²) in [7, 11) is 0. The molecule has 0 aliphatic rings. The van der Waals surface area contributed by atoms with Crippen LogP contribution in [0.15, 0.2) is 48.8 Å². The van der Waals surface area contributed by atoms with E-state index < -0.39 is 0 Å². The van der Waals surface area contributed by atoms with Gasteiger partial charge in [0.05, 0.1) is 20.6 Å². The van der Waals surface area contributed by atoms with E-state index in [4.69, 9.17) is 11.6 Å². The molecule has 3 aromatic heterocycles. The monoisotopic (exact) mass is 316 g/mol. The highest BCUT2D eigenvalue weighted by molar-refractivity contribution is 7.18. The quantitative estimate of drug-likeness (QED) is 0.803. The predicted molar refractivity (Wildman–Crippen MR) is 82.5 cm³/mol. The molecule has 0 aliphatic carbocycles. The summed E-state index contributed by atoms with van der Waals surface area (Å²) in [5, 5.41) is 2.64. The summed E-state index contributed by atoms with van der Waals surface area (Å²) < 4.78 is 0.559. The average Bonchev–Trinajstić information content (AvgIpc) is 2.95. The lowest BCUT2D eigenvalue weighted by atomic mass is 10.3. The molecule has 1 amide bonds. The van der Waals surface area contributed by atoms with Crippen molar-refractivity contribution in [3.8, 4) is 11.4 Å². The number of anilines is 1. The lowest BCUT2D eigenvalue weighted by Gasteiger charge is -2.04. The number of carbonyl (C=O) groups is 1. The molecule has 0 saturated heterocycles. The maximum atomic E-state index is 12.0. The molecule has 3 aromatic rings. The van der Waals surface area contributed by atoms with Crippen LogP contribution in [0, 0.1) is 0 Å². The highest BCUT2D eigenvalue weighted by Gasteiger charge is 2.11. The fraction of sp³-hybridized carbons (Fsp3) is 0. The molecule has 3 rings (SSSR count). The van der Waals surface area contributed by atoms with E-state index in [9.17, 15) is 4.79 Å². The Morgan fingerprint density at radius 2 is 1.95 bits per heavy atom. The Balaban J connectivity index is 1.82. The van der Waals surface area contributed by atoms with Crippen LogP contribution < -0.4 is 5.32 Å². The van der Waals surface area contributed by atoms with Crippen molar-refractivity contribution >= 4 is 34.8 Å². The molecule has 1 N–H and O–H groups in total. The molecular weight excluding hydrogens is 308 g/mol. The third kappa shape index (κ3) is 3.24. The summed E-state index contributed by atoms with van der Waals surface area (Å²) in [6.07, 6.45) is 3.26. The van der Waals surface area contributed by atoms with Gasteiger partial charge in [-0.05, 0) is 30.3 Å². The van der Waals surface area contributed by atoms with Crippen LogP contribution in [0.25, 0.3) is 11.4 Å². The molecule has 0 aromatic carbocycles. The Morgan fingerprint density at radius 1 is 1.05 bits per heavy atom. The molecule has 21 heavy (non-hydrogen) atoms. The van der Waals surface area contributed by atoms with Crippen molar-refractivity contribution in [2.45, 2.75) is 0 Å². The number of thiophene rings is 1. The number of hydrogen-bond donors (Lipinski definition) is 1. The zero-order valence-electron chi connectivity index (χ0n) is 10.7. The number of aromatic nitrogens is 3. The van der Waals surface area contributed by atoms with Crippen LogP contribution in [0.3, 0.4) is 0 Å². The minimum absolute atomic E-state index is 0.229. The van der Waals surface area contributed by atoms with Gasteiger partial charge in [0.1, 0.15) is 0 Å². The molecule has 0 radical (unpaired) electrons. The van der Waals surface area contributed by atoms with E-state index in [1.807, 2.05) is 18.2 Å². The second kappa shape index (κ2) is 5.99. The first kappa shape index (κ1) is 13.7. The number of halogens is 1. The van der Waals surface area contributed by atoms with Gasteiger partial charge in [-0.2, -0.15) is 0 Å². The number of nitrogens with one attached hydrogen (secondary N) is 1. The van der Waals surface area contributed by atoms with Crippen LogP contribution in [0.2, 0.25) is 4.34 Å². The minimum Gasteiger partial charge on any atom is -0.290 e. The van der Waals surface area contributed by atoms with Crippen molar-refractivity contribution < 1.29 is 4.79 Å². The lowest BCUT2D eigenvalue weighted by Crippen LogP contribution is -2.12. The summed E-state index contributed by atoms with van der Waals surface area (Å²) in [6.45, 7) is 0. The zero-order valence-corrected chi connectivity index (χ0v) is 12.2. The van der Waals surface area contributed by atoms with E-state index >= 15 is 0 Å². The Kier molecular flexibility index (Phi) is 3.89.